The summed E-state index contributed by atoms with van der Waals surface area (Å²) in [6.07, 6.45) is 2.98. The van der Waals surface area contributed by atoms with Crippen LogP contribution in [0.4, 0.5) is 15.9 Å². The minimum Gasteiger partial charge on any atom is -0.340 e. The number of benzene rings is 2. The van der Waals surface area contributed by atoms with Crippen molar-refractivity contribution in [2.45, 2.75) is 25.7 Å². The van der Waals surface area contributed by atoms with E-state index in [4.69, 9.17) is 14.8 Å². The van der Waals surface area contributed by atoms with Crippen LogP contribution in [-0.2, 0) is 4.79 Å². The number of halogens is 1. The van der Waals surface area contributed by atoms with Crippen molar-refractivity contribution in [3.05, 3.63) is 72.3 Å². The van der Waals surface area contributed by atoms with Crippen molar-refractivity contribution in [3.63, 3.8) is 0 Å². The van der Waals surface area contributed by atoms with Crippen LogP contribution in [0.5, 0.6) is 0 Å². The number of piperidine rings is 1. The van der Waals surface area contributed by atoms with E-state index in [9.17, 15) is 4.39 Å². The average Bonchev–Trinajstić information content (AvgIpc) is 2.75. The highest BCUT2D eigenvalue weighted by Crippen LogP contribution is 2.28. The van der Waals surface area contributed by atoms with Gasteiger partial charge in [0.15, 0.2) is 0 Å². The monoisotopic (exact) mass is 406 g/mol. The van der Waals surface area contributed by atoms with Crippen LogP contribution >= 0.6 is 0 Å². The molecule has 6 heteroatoms. The van der Waals surface area contributed by atoms with Crippen LogP contribution in [0.25, 0.3) is 11.3 Å². The normalized spacial score (nSPS) is 16.3. The second kappa shape index (κ2) is 10.6. The van der Waals surface area contributed by atoms with Gasteiger partial charge in [0.2, 0.25) is 0 Å². The Morgan fingerprint density at radius 1 is 1.10 bits per heavy atom. The smallest absolute Gasteiger partial charge is 0.135 e. The summed E-state index contributed by atoms with van der Waals surface area (Å²) in [4.78, 5) is 20.8. The molecule has 156 valence electrons. The third kappa shape index (κ3) is 5.94. The summed E-state index contributed by atoms with van der Waals surface area (Å²) in [5.74, 6) is 1.58. The molecule has 0 spiro atoms. The number of likely N-dealkylation sites (N-methyl/N-ethyl adjacent to an activating group) is 1. The molecule has 4 rings (SSSR count). The molecule has 1 aliphatic rings. The molecule has 0 saturated carbocycles. The highest BCUT2D eigenvalue weighted by Gasteiger charge is 2.22. The number of likely N-dealkylation sites (tertiary alicyclic amines) is 1. The molecule has 1 atom stereocenters. The predicted molar refractivity (Wildman–Crippen MR) is 118 cm³/mol. The first-order valence-electron chi connectivity index (χ1n) is 10.1. The van der Waals surface area contributed by atoms with Gasteiger partial charge in [-0.25, -0.2) is 14.4 Å². The van der Waals surface area contributed by atoms with Gasteiger partial charge in [-0.2, -0.15) is 0 Å². The minimum atomic E-state index is -0.272. The van der Waals surface area contributed by atoms with Gasteiger partial charge in [-0.05, 0) is 51.6 Å². The molecule has 1 fully saturated rings. The van der Waals surface area contributed by atoms with Gasteiger partial charge in [-0.15, -0.1) is 0 Å². The van der Waals surface area contributed by atoms with E-state index in [1.165, 1.54) is 19.1 Å². The number of aromatic nitrogens is 2. The van der Waals surface area contributed by atoms with Gasteiger partial charge in [0.1, 0.15) is 23.7 Å². The number of nitrogens with zero attached hydrogens (tertiary/aromatic N) is 3. The Morgan fingerprint density at radius 3 is 2.57 bits per heavy atom. The van der Waals surface area contributed by atoms with Crippen LogP contribution < -0.4 is 5.32 Å². The van der Waals surface area contributed by atoms with Gasteiger partial charge in [-0.1, -0.05) is 36.4 Å². The highest BCUT2D eigenvalue weighted by molar-refractivity contribution is 5.65. The van der Waals surface area contributed by atoms with Gasteiger partial charge < -0.3 is 15.0 Å². The summed E-state index contributed by atoms with van der Waals surface area (Å²) in [6.45, 7) is 3.51. The van der Waals surface area contributed by atoms with Crippen molar-refractivity contribution in [2.75, 3.05) is 25.5 Å². The Hall–Kier alpha value is -3.12. The average molecular weight is 407 g/mol. The van der Waals surface area contributed by atoms with Crippen LogP contribution in [0.15, 0.2) is 60.7 Å². The Morgan fingerprint density at radius 2 is 1.87 bits per heavy atom. The third-order valence-electron chi connectivity index (χ3n) is 4.90. The molecular weight excluding hydrogens is 379 g/mol. The Balaban J connectivity index is 0.000000806. The van der Waals surface area contributed by atoms with Crippen molar-refractivity contribution >= 4 is 17.8 Å². The Labute approximate surface area is 177 Å². The molecule has 5 nitrogen and oxygen atoms in total. The maximum atomic E-state index is 13.5. The number of carbonyl (C=O) groups excluding carboxylic acids is 1. The molecule has 30 heavy (non-hydrogen) atoms. The summed E-state index contributed by atoms with van der Waals surface area (Å²) in [7, 11) is 2.14. The van der Waals surface area contributed by atoms with Gasteiger partial charge in [-0.3, -0.25) is 0 Å². The summed E-state index contributed by atoms with van der Waals surface area (Å²) in [5, 5.41) is 3.24. The molecule has 2 heterocycles. The van der Waals surface area contributed by atoms with Crippen LogP contribution in [0.1, 0.15) is 31.5 Å². The zero-order chi connectivity index (χ0) is 21.3. The van der Waals surface area contributed by atoms with Crippen molar-refractivity contribution in [1.82, 2.24) is 14.9 Å². The van der Waals surface area contributed by atoms with Gasteiger partial charge in [0.05, 0.1) is 5.69 Å². The quantitative estimate of drug-likeness (QED) is 0.615. The van der Waals surface area contributed by atoms with E-state index in [0.29, 0.717) is 17.4 Å². The molecule has 1 unspecified atom stereocenters. The molecule has 2 aromatic carbocycles. The van der Waals surface area contributed by atoms with Gasteiger partial charge in [0.25, 0.3) is 0 Å². The fraction of sp³-hybridized carbons (Fsp3) is 0.292. The number of hydrogen-bond acceptors (Lipinski definition) is 5. The van der Waals surface area contributed by atoms with Crippen molar-refractivity contribution in [3.8, 4) is 11.3 Å². The summed E-state index contributed by atoms with van der Waals surface area (Å²) in [6, 6.07) is 18.5. The largest absolute Gasteiger partial charge is 0.340 e. The molecule has 1 aliphatic heterocycles. The van der Waals surface area contributed by atoms with Crippen LogP contribution in [0.3, 0.4) is 0 Å². The number of rotatable bonds is 4. The van der Waals surface area contributed by atoms with Gasteiger partial charge >= 0.3 is 0 Å². The van der Waals surface area contributed by atoms with E-state index >= 15 is 0 Å². The van der Waals surface area contributed by atoms with E-state index in [1.807, 2.05) is 42.5 Å². The lowest BCUT2D eigenvalue weighted by Gasteiger charge is -2.29. The Bertz CT molecular complexity index is 964. The second-order valence-corrected chi connectivity index (χ2v) is 7.34. The SMILES string of the molecule is CC=O.CN1CCCC(c2nc(Nc3cccc(F)c3)cc(-c3ccccc3)n2)C1. The summed E-state index contributed by atoms with van der Waals surface area (Å²) < 4.78 is 13.5. The lowest BCUT2D eigenvalue weighted by molar-refractivity contribution is -0.106. The van der Waals surface area contributed by atoms with Crippen molar-refractivity contribution in [2.24, 2.45) is 0 Å². The predicted octanol–water partition coefficient (Wildman–Crippen LogP) is 5.04. The third-order valence-corrected chi connectivity index (χ3v) is 4.90. The number of hydrogen-bond donors (Lipinski definition) is 1. The molecule has 0 bridgehead atoms. The highest BCUT2D eigenvalue weighted by atomic mass is 19.1. The van der Waals surface area contributed by atoms with Crippen molar-refractivity contribution in [1.29, 1.82) is 0 Å². The number of aldehydes is 1. The molecule has 1 aromatic heterocycles. The molecule has 0 radical (unpaired) electrons. The van der Waals surface area contributed by atoms with Crippen LogP contribution in [-0.4, -0.2) is 41.3 Å². The van der Waals surface area contributed by atoms with Crippen molar-refractivity contribution < 1.29 is 9.18 Å². The van der Waals surface area contributed by atoms with E-state index < -0.39 is 0 Å². The molecule has 0 aliphatic carbocycles. The van der Waals surface area contributed by atoms with Crippen LogP contribution in [0, 0.1) is 5.82 Å². The standard InChI is InChI=1S/C22H23FN4.C2H4O/c1-27-12-6-9-17(15-27)22-25-20(16-7-3-2-4-8-16)14-21(26-22)24-19-11-5-10-18(23)13-19;1-2-3/h2-5,7-8,10-11,13-14,17H,6,9,12,15H2,1H3,(H,24,25,26);2H,1H3. The maximum Gasteiger partial charge on any atom is 0.135 e. The minimum absolute atomic E-state index is 0.272. The topological polar surface area (TPSA) is 58.1 Å². The first-order chi connectivity index (χ1) is 14.6. The fourth-order valence-corrected chi connectivity index (χ4v) is 3.56. The van der Waals surface area contributed by atoms with E-state index in [0.717, 1.165) is 49.3 Å². The Kier molecular flexibility index (Phi) is 7.63. The summed E-state index contributed by atoms with van der Waals surface area (Å²) in [5.41, 5.74) is 2.61. The molecule has 1 saturated heterocycles. The molecule has 3 aromatic rings. The number of carbonyl (C=O) groups is 1. The summed E-state index contributed by atoms with van der Waals surface area (Å²) >= 11 is 0. The van der Waals surface area contributed by atoms with E-state index in [1.54, 1.807) is 6.07 Å². The zero-order valence-corrected chi connectivity index (χ0v) is 17.4. The maximum absolute atomic E-state index is 13.5. The number of nitrogens with one attached hydrogen (secondary N) is 1. The number of anilines is 2. The van der Waals surface area contributed by atoms with Gasteiger partial charge in [0, 0.05) is 29.8 Å². The first-order valence-corrected chi connectivity index (χ1v) is 10.1. The zero-order valence-electron chi connectivity index (χ0n) is 17.4. The van der Waals surface area contributed by atoms with E-state index in [2.05, 4.69) is 17.3 Å². The molecular formula is C24H27FN4O. The lowest BCUT2D eigenvalue weighted by atomic mass is 9.97. The first kappa shape index (κ1) is 21.6. The lowest BCUT2D eigenvalue weighted by Crippen LogP contribution is -2.31. The second-order valence-electron chi connectivity index (χ2n) is 7.34. The molecule has 1 N–H and O–H groups in total. The molecule has 0 amide bonds. The fourth-order valence-electron chi connectivity index (χ4n) is 3.56. The van der Waals surface area contributed by atoms with Crippen LogP contribution in [0.2, 0.25) is 0 Å². The van der Waals surface area contributed by atoms with E-state index in [-0.39, 0.29) is 5.82 Å².